The van der Waals surface area contributed by atoms with Gasteiger partial charge in [0, 0.05) is 6.20 Å². The van der Waals surface area contributed by atoms with Gasteiger partial charge in [0.05, 0.1) is 12.8 Å². The number of rotatable bonds is 4. The molecule has 0 atom stereocenters. The van der Waals surface area contributed by atoms with Crippen molar-refractivity contribution in [3.63, 3.8) is 0 Å². The molecule has 0 unspecified atom stereocenters. The Morgan fingerprint density at radius 1 is 1.54 bits per heavy atom. The van der Waals surface area contributed by atoms with Gasteiger partial charge in [-0.2, -0.15) is 0 Å². The molecule has 0 saturated carbocycles. The van der Waals surface area contributed by atoms with Gasteiger partial charge in [0.25, 0.3) is 0 Å². The molecule has 3 heteroatoms. The maximum absolute atomic E-state index is 5.52. The Balaban J connectivity index is 1.67. The van der Waals surface area contributed by atoms with Crippen LogP contribution in [0.4, 0.5) is 0 Å². The number of hydrogen-bond donors (Lipinski definition) is 1. The van der Waals surface area contributed by atoms with Crippen LogP contribution in [0.25, 0.3) is 0 Å². The van der Waals surface area contributed by atoms with Crippen LogP contribution in [-0.4, -0.2) is 24.7 Å². The number of ether oxygens (including phenoxy) is 1. The van der Waals surface area contributed by atoms with Crippen LogP contribution >= 0.6 is 0 Å². The van der Waals surface area contributed by atoms with Crippen LogP contribution in [0.3, 0.4) is 0 Å². The van der Waals surface area contributed by atoms with Crippen LogP contribution in [0.1, 0.15) is 6.42 Å². The van der Waals surface area contributed by atoms with Crippen molar-refractivity contribution in [3.05, 3.63) is 24.5 Å². The first-order valence-electron chi connectivity index (χ1n) is 4.69. The molecule has 13 heavy (non-hydrogen) atoms. The Hall–Kier alpha value is -1.09. The van der Waals surface area contributed by atoms with Gasteiger partial charge in [-0.3, -0.25) is 4.98 Å². The Morgan fingerprint density at radius 3 is 3.08 bits per heavy atom. The maximum Gasteiger partial charge on any atom is 0.137 e. The third-order valence-corrected chi connectivity index (χ3v) is 2.30. The molecule has 70 valence electrons. The highest BCUT2D eigenvalue weighted by Crippen LogP contribution is 2.11. The normalized spacial score (nSPS) is 16.6. The number of aromatic nitrogens is 1. The van der Waals surface area contributed by atoms with E-state index in [1.165, 1.54) is 0 Å². The second-order valence-corrected chi connectivity index (χ2v) is 3.35. The van der Waals surface area contributed by atoms with E-state index in [0.29, 0.717) is 0 Å². The van der Waals surface area contributed by atoms with E-state index in [1.54, 1.807) is 12.4 Å². The lowest BCUT2D eigenvalue weighted by molar-refractivity contribution is 0.238. The van der Waals surface area contributed by atoms with Crippen LogP contribution in [0.15, 0.2) is 24.5 Å². The smallest absolute Gasteiger partial charge is 0.137 e. The van der Waals surface area contributed by atoms with Crippen molar-refractivity contribution in [2.24, 2.45) is 5.92 Å². The van der Waals surface area contributed by atoms with Gasteiger partial charge >= 0.3 is 0 Å². The molecule has 0 amide bonds. The van der Waals surface area contributed by atoms with Crippen molar-refractivity contribution in [1.82, 2.24) is 10.3 Å². The molecule has 0 aliphatic carbocycles. The Kier molecular flexibility index (Phi) is 2.77. The maximum atomic E-state index is 5.52. The fourth-order valence-electron chi connectivity index (χ4n) is 1.33. The van der Waals surface area contributed by atoms with E-state index in [1.807, 2.05) is 12.1 Å². The van der Waals surface area contributed by atoms with Crippen LogP contribution in [0.2, 0.25) is 0 Å². The first-order valence-corrected chi connectivity index (χ1v) is 4.69. The minimum absolute atomic E-state index is 0.804. The lowest BCUT2D eigenvalue weighted by Crippen LogP contribution is -2.42. The molecule has 0 spiro atoms. The van der Waals surface area contributed by atoms with E-state index in [-0.39, 0.29) is 0 Å². The monoisotopic (exact) mass is 178 g/mol. The topological polar surface area (TPSA) is 34.1 Å². The molecule has 2 rings (SSSR count). The first-order chi connectivity index (χ1) is 6.45. The van der Waals surface area contributed by atoms with Crippen LogP contribution in [0.5, 0.6) is 5.75 Å². The van der Waals surface area contributed by atoms with E-state index in [2.05, 4.69) is 10.3 Å². The van der Waals surface area contributed by atoms with Crippen LogP contribution in [-0.2, 0) is 0 Å². The van der Waals surface area contributed by atoms with Gasteiger partial charge in [-0.05, 0) is 37.6 Å². The molecular weight excluding hydrogens is 164 g/mol. The van der Waals surface area contributed by atoms with Crippen molar-refractivity contribution < 1.29 is 4.74 Å². The second-order valence-electron chi connectivity index (χ2n) is 3.35. The van der Waals surface area contributed by atoms with E-state index < -0.39 is 0 Å². The number of hydrogen-bond acceptors (Lipinski definition) is 3. The molecule has 1 aromatic heterocycles. The minimum Gasteiger partial charge on any atom is -0.492 e. The van der Waals surface area contributed by atoms with Gasteiger partial charge in [-0.25, -0.2) is 0 Å². The average Bonchev–Trinajstić information content (AvgIpc) is 2.11. The number of nitrogens with one attached hydrogen (secondary N) is 1. The fourth-order valence-corrected chi connectivity index (χ4v) is 1.33. The van der Waals surface area contributed by atoms with Crippen molar-refractivity contribution >= 4 is 0 Å². The number of pyridine rings is 1. The molecule has 3 nitrogen and oxygen atoms in total. The summed E-state index contributed by atoms with van der Waals surface area (Å²) in [4.78, 5) is 3.98. The highest BCUT2D eigenvalue weighted by Gasteiger charge is 2.15. The highest BCUT2D eigenvalue weighted by molar-refractivity contribution is 5.15. The highest BCUT2D eigenvalue weighted by atomic mass is 16.5. The predicted octanol–water partition coefficient (Wildman–Crippen LogP) is 1.07. The predicted molar refractivity (Wildman–Crippen MR) is 50.7 cm³/mol. The van der Waals surface area contributed by atoms with Crippen molar-refractivity contribution in [1.29, 1.82) is 0 Å². The zero-order valence-electron chi connectivity index (χ0n) is 7.57. The molecule has 0 bridgehead atoms. The quantitative estimate of drug-likeness (QED) is 0.749. The fraction of sp³-hybridized carbons (Fsp3) is 0.500. The summed E-state index contributed by atoms with van der Waals surface area (Å²) < 4.78 is 5.52. The van der Waals surface area contributed by atoms with E-state index in [4.69, 9.17) is 4.74 Å². The summed E-state index contributed by atoms with van der Waals surface area (Å²) in [5, 5.41) is 3.24. The molecule has 1 saturated heterocycles. The standard InChI is InChI=1S/C10H14N2O/c1-2-10(8-11-4-1)13-5-3-9-6-12-7-9/h1-2,4,8-9,12H,3,5-7H2. The summed E-state index contributed by atoms with van der Waals surface area (Å²) >= 11 is 0. The van der Waals surface area contributed by atoms with E-state index >= 15 is 0 Å². The van der Waals surface area contributed by atoms with Gasteiger partial charge in [0.2, 0.25) is 0 Å². The SMILES string of the molecule is c1cncc(OCCC2CNC2)c1. The van der Waals surface area contributed by atoms with Gasteiger partial charge in [0.15, 0.2) is 0 Å². The minimum atomic E-state index is 0.804. The van der Waals surface area contributed by atoms with Gasteiger partial charge < -0.3 is 10.1 Å². The molecule has 1 aliphatic rings. The van der Waals surface area contributed by atoms with Crippen molar-refractivity contribution in [3.8, 4) is 5.75 Å². The molecule has 1 aromatic rings. The summed E-state index contributed by atoms with van der Waals surface area (Å²) in [5.74, 6) is 1.69. The zero-order chi connectivity index (χ0) is 8.93. The van der Waals surface area contributed by atoms with E-state index in [0.717, 1.165) is 37.8 Å². The lowest BCUT2D eigenvalue weighted by atomic mass is 10.0. The van der Waals surface area contributed by atoms with E-state index in [9.17, 15) is 0 Å². The van der Waals surface area contributed by atoms with Gasteiger partial charge in [0.1, 0.15) is 5.75 Å². The molecule has 1 fully saturated rings. The molecule has 1 aliphatic heterocycles. The zero-order valence-corrected chi connectivity index (χ0v) is 7.57. The molecule has 0 aromatic carbocycles. The first kappa shape index (κ1) is 8.51. The summed E-state index contributed by atoms with van der Waals surface area (Å²) in [6, 6.07) is 3.83. The molecule has 0 radical (unpaired) electrons. The largest absolute Gasteiger partial charge is 0.492 e. The van der Waals surface area contributed by atoms with Gasteiger partial charge in [-0.15, -0.1) is 0 Å². The van der Waals surface area contributed by atoms with Crippen LogP contribution in [0, 0.1) is 5.92 Å². The Labute approximate surface area is 78.1 Å². The molecular formula is C10H14N2O. The van der Waals surface area contributed by atoms with Crippen LogP contribution < -0.4 is 10.1 Å². The summed E-state index contributed by atoms with van der Waals surface area (Å²) in [7, 11) is 0. The van der Waals surface area contributed by atoms with Gasteiger partial charge in [-0.1, -0.05) is 0 Å². The number of nitrogens with zero attached hydrogens (tertiary/aromatic N) is 1. The van der Waals surface area contributed by atoms with Crippen molar-refractivity contribution in [2.45, 2.75) is 6.42 Å². The molecule has 1 N–H and O–H groups in total. The Morgan fingerprint density at radius 2 is 2.46 bits per heavy atom. The average molecular weight is 178 g/mol. The lowest BCUT2D eigenvalue weighted by Gasteiger charge is -2.26. The summed E-state index contributed by atoms with van der Waals surface area (Å²) in [6.07, 6.45) is 4.64. The van der Waals surface area contributed by atoms with Crippen molar-refractivity contribution in [2.75, 3.05) is 19.7 Å². The summed E-state index contributed by atoms with van der Waals surface area (Å²) in [6.45, 7) is 3.10. The third-order valence-electron chi connectivity index (χ3n) is 2.30. The third kappa shape index (κ3) is 2.42. The Bertz CT molecular complexity index is 246. The summed E-state index contributed by atoms with van der Waals surface area (Å²) in [5.41, 5.74) is 0. The molecule has 2 heterocycles. The second kappa shape index (κ2) is 4.23.